The molecule has 0 amide bonds. The first-order valence-corrected chi connectivity index (χ1v) is 18.9. The number of hydrogen-bond donors (Lipinski definition) is 0. The summed E-state index contributed by atoms with van der Waals surface area (Å²) in [7, 11) is 0. The van der Waals surface area contributed by atoms with Crippen molar-refractivity contribution in [3.63, 3.8) is 0 Å². The average Bonchev–Trinajstić information content (AvgIpc) is 3.88. The molecule has 2 nitrogen and oxygen atoms in total. The molecule has 2 heterocycles. The maximum absolute atomic E-state index is 2.55. The zero-order valence-electron chi connectivity index (χ0n) is 29.5. The first-order chi connectivity index (χ1) is 26.8. The van der Waals surface area contributed by atoms with E-state index in [0.29, 0.717) is 0 Å². The van der Waals surface area contributed by atoms with Crippen LogP contribution < -0.4 is 4.57 Å². The van der Waals surface area contributed by atoms with Gasteiger partial charge in [0.15, 0.2) is 6.20 Å². The largest absolute Gasteiger partial charge is 0.380 e. The summed E-state index contributed by atoms with van der Waals surface area (Å²) in [5.41, 5.74) is 16.5. The molecular formula is C52H34N2+2. The highest BCUT2D eigenvalue weighted by molar-refractivity contribution is 6.16. The molecule has 0 bridgehead atoms. The molecule has 54 heavy (non-hydrogen) atoms. The van der Waals surface area contributed by atoms with Crippen LogP contribution in [0.5, 0.6) is 0 Å². The zero-order chi connectivity index (χ0) is 35.4. The topological polar surface area (TPSA) is 6.89 Å². The van der Waals surface area contributed by atoms with Gasteiger partial charge < -0.3 is 0 Å². The summed E-state index contributed by atoms with van der Waals surface area (Å²) in [5, 5.41) is 5.16. The van der Waals surface area contributed by atoms with Gasteiger partial charge in [-0.2, -0.15) is 0 Å². The summed E-state index contributed by atoms with van der Waals surface area (Å²) >= 11 is 0. The third-order valence-electron chi connectivity index (χ3n) is 12.3. The lowest BCUT2D eigenvalue weighted by Crippen LogP contribution is -2.42. The normalized spacial score (nSPS) is 15.5. The summed E-state index contributed by atoms with van der Waals surface area (Å²) in [6.07, 6.45) is 4.48. The number of pyridine rings is 1. The van der Waals surface area contributed by atoms with Crippen molar-refractivity contribution in [2.24, 2.45) is 0 Å². The average molecular weight is 687 g/mol. The summed E-state index contributed by atoms with van der Waals surface area (Å²) in [6.45, 7) is 0. The van der Waals surface area contributed by atoms with E-state index < -0.39 is 5.41 Å². The second-order valence-electron chi connectivity index (χ2n) is 14.8. The van der Waals surface area contributed by atoms with Gasteiger partial charge in [0.2, 0.25) is 11.9 Å². The third kappa shape index (κ3) is 3.84. The minimum absolute atomic E-state index is 0.0203. The van der Waals surface area contributed by atoms with Crippen LogP contribution in [0.1, 0.15) is 39.7 Å². The van der Waals surface area contributed by atoms with E-state index in [9.17, 15) is 0 Å². The van der Waals surface area contributed by atoms with Crippen molar-refractivity contribution in [3.05, 3.63) is 228 Å². The van der Waals surface area contributed by atoms with Gasteiger partial charge in [-0.25, -0.2) is 0 Å². The lowest BCUT2D eigenvalue weighted by atomic mass is 9.70. The number of para-hydroxylation sites is 1. The van der Waals surface area contributed by atoms with Gasteiger partial charge in [-0.1, -0.05) is 140 Å². The molecule has 0 radical (unpaired) electrons. The minimum atomic E-state index is -0.434. The van der Waals surface area contributed by atoms with Gasteiger partial charge in [0.1, 0.15) is 0 Å². The Morgan fingerprint density at radius 3 is 1.83 bits per heavy atom. The molecule has 3 aliphatic rings. The summed E-state index contributed by atoms with van der Waals surface area (Å²) in [6, 6.07) is 70.0. The van der Waals surface area contributed by atoms with E-state index in [-0.39, 0.29) is 6.17 Å². The van der Waals surface area contributed by atoms with E-state index in [1.54, 1.807) is 0 Å². The van der Waals surface area contributed by atoms with Crippen LogP contribution in [0, 0.1) is 0 Å². The molecule has 1 spiro atoms. The van der Waals surface area contributed by atoms with Gasteiger partial charge in [0, 0.05) is 24.3 Å². The van der Waals surface area contributed by atoms with Crippen LogP contribution in [0.3, 0.4) is 0 Å². The summed E-state index contributed by atoms with van der Waals surface area (Å²) in [4.78, 5) is 0. The van der Waals surface area contributed by atoms with Gasteiger partial charge in [-0.3, -0.25) is 0 Å². The predicted octanol–water partition coefficient (Wildman–Crippen LogP) is 11.6. The van der Waals surface area contributed by atoms with Crippen LogP contribution in [-0.4, -0.2) is 10.8 Å². The molecule has 0 saturated heterocycles. The molecule has 1 aliphatic heterocycles. The van der Waals surface area contributed by atoms with Gasteiger partial charge in [-0.05, 0) is 101 Å². The highest BCUT2D eigenvalue weighted by atomic mass is 15.3. The number of aromatic nitrogens is 1. The lowest BCUT2D eigenvalue weighted by Gasteiger charge is -2.31. The van der Waals surface area contributed by atoms with E-state index in [1.165, 1.54) is 94.1 Å². The quantitative estimate of drug-likeness (QED) is 0.163. The minimum Gasteiger partial charge on any atom is -0.127 e. The highest BCUT2D eigenvalue weighted by Gasteiger charge is 2.52. The van der Waals surface area contributed by atoms with E-state index in [0.717, 1.165) is 0 Å². The van der Waals surface area contributed by atoms with E-state index in [4.69, 9.17) is 0 Å². The van der Waals surface area contributed by atoms with Gasteiger partial charge >= 0.3 is 6.17 Å². The molecule has 2 heteroatoms. The standard InChI is InChI=1S/C52H34N2/c1-2-15-37(16-3-1)54-33-38-17-12-13-31-53(38)51(54)36-27-25-35(26-28-36)44-32-48-50(43-22-7-6-19-40(43)44)49-39-18-5-4-14-34(39)29-30-47(49)52(48)45-23-10-8-20-41(45)42-21-9-11-24-46(42)52/h1-33,51H/q+2. The second kappa shape index (κ2) is 11.1. The van der Waals surface area contributed by atoms with Crippen LogP contribution in [0.4, 0.5) is 5.69 Å². The fraction of sp³-hybridized carbons (Fsp3) is 0.0385. The Kier molecular flexibility index (Phi) is 6.07. The monoisotopic (exact) mass is 686 g/mol. The van der Waals surface area contributed by atoms with Crippen molar-refractivity contribution in [3.8, 4) is 33.4 Å². The molecular weight excluding hydrogens is 653 g/mol. The van der Waals surface area contributed by atoms with Crippen molar-refractivity contribution < 1.29 is 9.14 Å². The van der Waals surface area contributed by atoms with Crippen molar-refractivity contribution >= 4 is 33.4 Å². The molecule has 0 N–H and O–H groups in total. The van der Waals surface area contributed by atoms with Crippen LogP contribution >= 0.6 is 0 Å². The van der Waals surface area contributed by atoms with Crippen molar-refractivity contribution in [1.29, 1.82) is 0 Å². The zero-order valence-corrected chi connectivity index (χ0v) is 29.5. The first-order valence-electron chi connectivity index (χ1n) is 18.9. The van der Waals surface area contributed by atoms with Gasteiger partial charge in [-0.15, -0.1) is 9.14 Å². The van der Waals surface area contributed by atoms with Crippen LogP contribution in [0.15, 0.2) is 194 Å². The Bertz CT molecular complexity index is 3000. The van der Waals surface area contributed by atoms with Gasteiger partial charge in [0.25, 0.3) is 5.69 Å². The number of benzene rings is 8. The van der Waals surface area contributed by atoms with E-state index >= 15 is 0 Å². The Hall–Kier alpha value is -6.90. The molecule has 0 saturated carbocycles. The lowest BCUT2D eigenvalue weighted by molar-refractivity contribution is -0.830. The molecule has 2 aliphatic carbocycles. The SMILES string of the molecule is C1=[N+](c2ccccc2)C(c2ccc(-c3cc4c(c5ccccc35)-c3c(ccc5ccccc35)C43c4ccccc4-c4ccccc43)cc2)[n+]2ccccc21. The number of hydrogen-bond acceptors (Lipinski definition) is 0. The predicted molar refractivity (Wildman–Crippen MR) is 219 cm³/mol. The summed E-state index contributed by atoms with van der Waals surface area (Å²) in [5.74, 6) is 0. The maximum Gasteiger partial charge on any atom is 0.380 e. The fourth-order valence-corrected chi connectivity index (χ4v) is 10.1. The Morgan fingerprint density at radius 1 is 0.426 bits per heavy atom. The van der Waals surface area contributed by atoms with Crippen molar-refractivity contribution in [2.45, 2.75) is 11.6 Å². The number of nitrogens with zero attached hydrogens (tertiary/aromatic N) is 2. The number of fused-ring (bicyclic) bond motifs is 15. The highest BCUT2D eigenvalue weighted by Crippen LogP contribution is 2.65. The third-order valence-corrected chi connectivity index (χ3v) is 12.3. The van der Waals surface area contributed by atoms with Crippen LogP contribution in [-0.2, 0) is 5.41 Å². The van der Waals surface area contributed by atoms with Crippen LogP contribution in [0.25, 0.3) is 54.9 Å². The van der Waals surface area contributed by atoms with E-state index in [2.05, 4.69) is 210 Å². The Morgan fingerprint density at radius 2 is 1.06 bits per heavy atom. The maximum atomic E-state index is 2.55. The van der Waals surface area contributed by atoms with E-state index in [1.807, 2.05) is 0 Å². The van der Waals surface area contributed by atoms with Crippen LogP contribution in [0.2, 0.25) is 0 Å². The molecule has 1 aromatic heterocycles. The summed E-state index contributed by atoms with van der Waals surface area (Å²) < 4.78 is 4.75. The molecule has 1 unspecified atom stereocenters. The molecule has 1 atom stereocenters. The second-order valence-corrected chi connectivity index (χ2v) is 14.8. The molecule has 9 aromatic rings. The molecule has 250 valence electrons. The van der Waals surface area contributed by atoms with Crippen molar-refractivity contribution in [1.82, 2.24) is 0 Å². The fourth-order valence-electron chi connectivity index (χ4n) is 10.1. The molecule has 0 fully saturated rings. The Labute approximate surface area is 314 Å². The molecule has 12 rings (SSSR count). The van der Waals surface area contributed by atoms with Gasteiger partial charge in [0.05, 0.1) is 11.0 Å². The Balaban J connectivity index is 1.12. The molecule has 8 aromatic carbocycles. The smallest absolute Gasteiger partial charge is 0.127 e. The first kappa shape index (κ1) is 29.7. The van der Waals surface area contributed by atoms with Crippen molar-refractivity contribution in [2.75, 3.05) is 0 Å². The number of rotatable bonds is 3.